The van der Waals surface area contributed by atoms with E-state index >= 15 is 0 Å². The Labute approximate surface area is 119 Å². The summed E-state index contributed by atoms with van der Waals surface area (Å²) >= 11 is 0. The number of carbonyl (C=O) groups is 2. The summed E-state index contributed by atoms with van der Waals surface area (Å²) in [5, 5.41) is 0. The van der Waals surface area contributed by atoms with Crippen molar-refractivity contribution in [3.8, 4) is 0 Å². The van der Waals surface area contributed by atoms with Crippen LogP contribution in [0.5, 0.6) is 0 Å². The lowest BCUT2D eigenvalue weighted by Gasteiger charge is -2.34. The normalized spacial score (nSPS) is 22.6. The lowest BCUT2D eigenvalue weighted by atomic mass is 9.81. The maximum absolute atomic E-state index is 12.3. The van der Waals surface area contributed by atoms with Crippen LogP contribution in [0.4, 0.5) is 0 Å². The van der Waals surface area contributed by atoms with Gasteiger partial charge in [0.05, 0.1) is 20.1 Å². The summed E-state index contributed by atoms with van der Waals surface area (Å²) in [5.41, 5.74) is -0.00335. The van der Waals surface area contributed by atoms with E-state index in [-0.39, 0.29) is 12.2 Å². The van der Waals surface area contributed by atoms with Crippen molar-refractivity contribution in [3.63, 3.8) is 0 Å². The van der Waals surface area contributed by atoms with E-state index in [2.05, 4.69) is 0 Å². The molecule has 0 bridgehead atoms. The van der Waals surface area contributed by atoms with Gasteiger partial charge in [0.25, 0.3) is 0 Å². The average molecular weight is 276 g/mol. The number of esters is 1. The third-order valence-electron chi connectivity index (χ3n) is 3.76. The van der Waals surface area contributed by atoms with Crippen LogP contribution in [0.15, 0.2) is 30.3 Å². The van der Waals surface area contributed by atoms with Crippen molar-refractivity contribution in [2.75, 3.05) is 7.11 Å². The molecule has 1 aromatic rings. The van der Waals surface area contributed by atoms with E-state index in [9.17, 15) is 9.59 Å². The van der Waals surface area contributed by atoms with Gasteiger partial charge < -0.3 is 9.47 Å². The van der Waals surface area contributed by atoms with Crippen LogP contribution in [0.3, 0.4) is 0 Å². The quantitative estimate of drug-likeness (QED) is 0.776. The zero-order chi connectivity index (χ0) is 14.4. The van der Waals surface area contributed by atoms with Crippen LogP contribution in [0.25, 0.3) is 0 Å². The first-order chi connectivity index (χ1) is 9.66. The predicted octanol–water partition coefficient (Wildman–Crippen LogP) is 2.65. The molecule has 2 rings (SSSR count). The van der Waals surface area contributed by atoms with Crippen molar-refractivity contribution in [1.82, 2.24) is 0 Å². The lowest BCUT2D eigenvalue weighted by molar-refractivity contribution is -0.164. The van der Waals surface area contributed by atoms with Gasteiger partial charge in [0.2, 0.25) is 0 Å². The molecule has 108 valence electrons. The van der Waals surface area contributed by atoms with E-state index < -0.39 is 11.6 Å². The highest BCUT2D eigenvalue weighted by atomic mass is 16.5. The van der Waals surface area contributed by atoms with Crippen molar-refractivity contribution in [2.45, 2.75) is 44.3 Å². The number of ether oxygens (including phenoxy) is 2. The molecular formula is C16H20O4. The van der Waals surface area contributed by atoms with Crippen LogP contribution in [0, 0.1) is 0 Å². The third kappa shape index (κ3) is 3.45. The zero-order valence-electron chi connectivity index (χ0n) is 11.8. The Kier molecular flexibility index (Phi) is 4.90. The fourth-order valence-corrected chi connectivity index (χ4v) is 2.56. The van der Waals surface area contributed by atoms with Crippen molar-refractivity contribution in [3.05, 3.63) is 35.9 Å². The molecule has 0 spiro atoms. The van der Waals surface area contributed by atoms with Crippen molar-refractivity contribution >= 4 is 11.8 Å². The molecule has 0 aliphatic heterocycles. The molecule has 1 aliphatic rings. The van der Waals surface area contributed by atoms with E-state index in [0.29, 0.717) is 19.4 Å². The average Bonchev–Trinajstić information content (AvgIpc) is 2.49. The van der Waals surface area contributed by atoms with Gasteiger partial charge in [0.1, 0.15) is 5.60 Å². The van der Waals surface area contributed by atoms with Crippen LogP contribution < -0.4 is 0 Å². The van der Waals surface area contributed by atoms with Gasteiger partial charge in [-0.3, -0.25) is 9.59 Å². The molecule has 0 aromatic heterocycles. The first kappa shape index (κ1) is 14.7. The summed E-state index contributed by atoms with van der Waals surface area (Å²) in [6.45, 7) is 0.337. The molecule has 0 unspecified atom stereocenters. The molecule has 1 saturated carbocycles. The zero-order valence-corrected chi connectivity index (χ0v) is 11.8. The van der Waals surface area contributed by atoms with E-state index in [0.717, 1.165) is 18.4 Å². The minimum absolute atomic E-state index is 0.00909. The van der Waals surface area contributed by atoms with Crippen LogP contribution in [0.2, 0.25) is 0 Å². The van der Waals surface area contributed by atoms with E-state index in [4.69, 9.17) is 9.47 Å². The van der Waals surface area contributed by atoms with Gasteiger partial charge in [0, 0.05) is 6.42 Å². The van der Waals surface area contributed by atoms with Gasteiger partial charge in [0.15, 0.2) is 5.78 Å². The van der Waals surface area contributed by atoms with Gasteiger partial charge >= 0.3 is 5.97 Å². The second-order valence-electron chi connectivity index (χ2n) is 5.15. The summed E-state index contributed by atoms with van der Waals surface area (Å²) in [6, 6.07) is 9.67. The Morgan fingerprint density at radius 2 is 2.00 bits per heavy atom. The molecule has 4 heteroatoms. The minimum Gasteiger partial charge on any atom is -0.469 e. The number of hydrogen-bond acceptors (Lipinski definition) is 4. The third-order valence-corrected chi connectivity index (χ3v) is 3.76. The van der Waals surface area contributed by atoms with Crippen LogP contribution >= 0.6 is 0 Å². The van der Waals surface area contributed by atoms with Crippen LogP contribution in [-0.2, 0) is 25.7 Å². The molecule has 1 aliphatic carbocycles. The molecule has 0 N–H and O–H groups in total. The van der Waals surface area contributed by atoms with Gasteiger partial charge in [-0.05, 0) is 24.8 Å². The van der Waals surface area contributed by atoms with Gasteiger partial charge in [-0.15, -0.1) is 0 Å². The Morgan fingerprint density at radius 3 is 2.65 bits per heavy atom. The summed E-state index contributed by atoms with van der Waals surface area (Å²) < 4.78 is 10.6. The van der Waals surface area contributed by atoms with Crippen molar-refractivity contribution in [1.29, 1.82) is 0 Å². The highest BCUT2D eigenvalue weighted by molar-refractivity contribution is 5.92. The summed E-state index contributed by atoms with van der Waals surface area (Å²) in [6.07, 6.45) is 2.85. The van der Waals surface area contributed by atoms with Crippen LogP contribution in [0.1, 0.15) is 37.7 Å². The number of hydrogen-bond donors (Lipinski definition) is 0. The van der Waals surface area contributed by atoms with Crippen molar-refractivity contribution < 1.29 is 19.1 Å². The minimum atomic E-state index is -0.999. The van der Waals surface area contributed by atoms with Crippen molar-refractivity contribution in [2.24, 2.45) is 0 Å². The number of benzene rings is 1. The molecule has 1 fully saturated rings. The second kappa shape index (κ2) is 6.66. The molecule has 1 aromatic carbocycles. The first-order valence-electron chi connectivity index (χ1n) is 6.94. The number of Topliss-reactive ketones (excluding diaryl/α,β-unsaturated/α-hetero) is 1. The Bertz CT molecular complexity index is 469. The molecular weight excluding hydrogens is 256 g/mol. The molecule has 1 atom stereocenters. The summed E-state index contributed by atoms with van der Waals surface area (Å²) in [7, 11) is 1.33. The predicted molar refractivity (Wildman–Crippen MR) is 74.1 cm³/mol. The topological polar surface area (TPSA) is 52.6 Å². The summed E-state index contributed by atoms with van der Waals surface area (Å²) in [5.74, 6) is -0.376. The Balaban J connectivity index is 2.10. The fourth-order valence-electron chi connectivity index (χ4n) is 2.56. The van der Waals surface area contributed by atoms with Gasteiger partial charge in [-0.2, -0.15) is 0 Å². The molecule has 4 nitrogen and oxygen atoms in total. The lowest BCUT2D eigenvalue weighted by Crippen LogP contribution is -2.45. The fraction of sp³-hybridized carbons (Fsp3) is 0.500. The van der Waals surface area contributed by atoms with Gasteiger partial charge in [-0.25, -0.2) is 0 Å². The van der Waals surface area contributed by atoms with E-state index in [1.807, 2.05) is 30.3 Å². The highest BCUT2D eigenvalue weighted by Crippen LogP contribution is 2.33. The number of methoxy groups -OCH3 is 1. The molecule has 20 heavy (non-hydrogen) atoms. The SMILES string of the molecule is COC(=O)C[C@]1(OCc2ccccc2)CCCCC1=O. The smallest absolute Gasteiger partial charge is 0.308 e. The monoisotopic (exact) mass is 276 g/mol. The van der Waals surface area contributed by atoms with E-state index in [1.165, 1.54) is 7.11 Å². The molecule has 0 radical (unpaired) electrons. The second-order valence-corrected chi connectivity index (χ2v) is 5.15. The number of rotatable bonds is 5. The maximum Gasteiger partial charge on any atom is 0.308 e. The highest BCUT2D eigenvalue weighted by Gasteiger charge is 2.43. The van der Waals surface area contributed by atoms with E-state index in [1.54, 1.807) is 0 Å². The largest absolute Gasteiger partial charge is 0.469 e. The van der Waals surface area contributed by atoms with Gasteiger partial charge in [-0.1, -0.05) is 30.3 Å². The Morgan fingerprint density at radius 1 is 1.25 bits per heavy atom. The standard InChI is InChI=1S/C16H20O4/c1-19-15(18)11-16(10-6-5-9-14(16)17)20-12-13-7-3-2-4-8-13/h2-4,7-8H,5-6,9-12H2,1H3/t16-/m1/s1. The number of carbonyl (C=O) groups excluding carboxylic acids is 2. The maximum atomic E-state index is 12.3. The first-order valence-corrected chi connectivity index (χ1v) is 6.94. The molecule has 0 saturated heterocycles. The summed E-state index contributed by atoms with van der Waals surface area (Å²) in [4.78, 5) is 23.8. The molecule has 0 heterocycles. The van der Waals surface area contributed by atoms with Crippen LogP contribution in [-0.4, -0.2) is 24.5 Å². The number of ketones is 1. The Hall–Kier alpha value is -1.68. The molecule has 0 amide bonds.